The minimum Gasteiger partial charge on any atom is -0.484 e. The standard InChI is InChI=1S/C22H25Cl3N2O3/c1-5-19(22(29)26-4)27(11-16-17(23)7-6-8-18(16)24)20(28)12-30-15-9-13(2)21(25)14(3)10-15/h6-10,19H,5,11-12H2,1-4H3,(H,26,29)/t19-/m1/s1. The van der Waals surface area contributed by atoms with Crippen LogP contribution in [0.5, 0.6) is 5.75 Å². The maximum absolute atomic E-state index is 13.1. The van der Waals surface area contributed by atoms with Crippen molar-refractivity contribution in [3.05, 3.63) is 62.1 Å². The van der Waals surface area contributed by atoms with E-state index >= 15 is 0 Å². The van der Waals surface area contributed by atoms with Crippen LogP contribution < -0.4 is 10.1 Å². The number of amides is 2. The van der Waals surface area contributed by atoms with Crippen LogP contribution in [0, 0.1) is 13.8 Å². The Kier molecular flexibility index (Phi) is 8.83. The normalized spacial score (nSPS) is 11.7. The second-order valence-electron chi connectivity index (χ2n) is 6.92. The largest absolute Gasteiger partial charge is 0.484 e. The van der Waals surface area contributed by atoms with Crippen LogP contribution in [0.1, 0.15) is 30.0 Å². The molecule has 2 aromatic rings. The van der Waals surface area contributed by atoms with E-state index in [0.717, 1.165) is 11.1 Å². The number of nitrogens with zero attached hydrogens (tertiary/aromatic N) is 1. The predicted octanol–water partition coefficient (Wildman–Crippen LogP) is 5.20. The van der Waals surface area contributed by atoms with Gasteiger partial charge in [0.2, 0.25) is 5.91 Å². The van der Waals surface area contributed by atoms with E-state index in [9.17, 15) is 9.59 Å². The summed E-state index contributed by atoms with van der Waals surface area (Å²) in [4.78, 5) is 27.0. The van der Waals surface area contributed by atoms with Gasteiger partial charge in [-0.1, -0.05) is 47.8 Å². The average Bonchev–Trinajstić information content (AvgIpc) is 2.71. The van der Waals surface area contributed by atoms with Crippen molar-refractivity contribution >= 4 is 46.6 Å². The number of rotatable bonds is 8. The first kappa shape index (κ1) is 24.3. The molecule has 2 amide bonds. The van der Waals surface area contributed by atoms with Gasteiger partial charge in [0, 0.05) is 34.2 Å². The average molecular weight is 472 g/mol. The summed E-state index contributed by atoms with van der Waals surface area (Å²) in [5.74, 6) is -0.0923. The zero-order valence-electron chi connectivity index (χ0n) is 17.4. The predicted molar refractivity (Wildman–Crippen MR) is 122 cm³/mol. The van der Waals surface area contributed by atoms with Crippen LogP contribution in [-0.2, 0) is 16.1 Å². The molecule has 0 spiro atoms. The molecule has 0 heterocycles. The maximum Gasteiger partial charge on any atom is 0.261 e. The third-order valence-corrected chi connectivity index (χ3v) is 6.10. The highest BCUT2D eigenvalue weighted by atomic mass is 35.5. The Morgan fingerprint density at radius 2 is 1.67 bits per heavy atom. The van der Waals surface area contributed by atoms with Crippen LogP contribution in [0.4, 0.5) is 0 Å². The molecular formula is C22H25Cl3N2O3. The summed E-state index contributed by atoms with van der Waals surface area (Å²) < 4.78 is 5.72. The Morgan fingerprint density at radius 3 is 2.17 bits per heavy atom. The molecule has 2 aromatic carbocycles. The Balaban J connectivity index is 2.29. The summed E-state index contributed by atoms with van der Waals surface area (Å²) in [5.41, 5.74) is 2.29. The quantitative estimate of drug-likeness (QED) is 0.576. The van der Waals surface area contributed by atoms with Crippen molar-refractivity contribution in [1.82, 2.24) is 10.2 Å². The van der Waals surface area contributed by atoms with Gasteiger partial charge in [0.15, 0.2) is 6.61 Å². The summed E-state index contributed by atoms with van der Waals surface area (Å²) in [5, 5.41) is 4.12. The van der Waals surface area contributed by atoms with Gasteiger partial charge in [0.1, 0.15) is 11.8 Å². The van der Waals surface area contributed by atoms with Gasteiger partial charge in [-0.05, 0) is 55.7 Å². The smallest absolute Gasteiger partial charge is 0.261 e. The number of hydrogen-bond acceptors (Lipinski definition) is 3. The third kappa shape index (κ3) is 5.81. The minimum atomic E-state index is -0.688. The van der Waals surface area contributed by atoms with Crippen molar-refractivity contribution in [2.45, 2.75) is 39.8 Å². The van der Waals surface area contributed by atoms with Crippen molar-refractivity contribution in [1.29, 1.82) is 0 Å². The molecule has 0 fully saturated rings. The van der Waals surface area contributed by atoms with E-state index in [4.69, 9.17) is 39.5 Å². The van der Waals surface area contributed by atoms with E-state index in [1.165, 1.54) is 11.9 Å². The molecule has 30 heavy (non-hydrogen) atoms. The summed E-state index contributed by atoms with van der Waals surface area (Å²) in [6, 6.07) is 7.98. The number of ether oxygens (including phenoxy) is 1. The first-order valence-corrected chi connectivity index (χ1v) is 10.7. The van der Waals surface area contributed by atoms with E-state index in [0.29, 0.717) is 32.8 Å². The lowest BCUT2D eigenvalue weighted by molar-refractivity contribution is -0.142. The third-order valence-electron chi connectivity index (χ3n) is 4.79. The molecule has 2 rings (SSSR count). The maximum atomic E-state index is 13.1. The van der Waals surface area contributed by atoms with Crippen LogP contribution in [0.25, 0.3) is 0 Å². The van der Waals surface area contributed by atoms with E-state index in [-0.39, 0.29) is 25.0 Å². The second kappa shape index (κ2) is 10.9. The van der Waals surface area contributed by atoms with Crippen LogP contribution >= 0.6 is 34.8 Å². The number of aryl methyl sites for hydroxylation is 2. The highest BCUT2D eigenvalue weighted by Gasteiger charge is 2.29. The molecule has 1 N–H and O–H groups in total. The molecule has 0 saturated carbocycles. The van der Waals surface area contributed by atoms with Gasteiger partial charge in [0.05, 0.1) is 0 Å². The molecule has 0 unspecified atom stereocenters. The van der Waals surface area contributed by atoms with Crippen molar-refractivity contribution < 1.29 is 14.3 Å². The van der Waals surface area contributed by atoms with E-state index < -0.39 is 6.04 Å². The molecule has 8 heteroatoms. The molecule has 0 aliphatic heterocycles. The molecule has 0 aliphatic rings. The Bertz CT molecular complexity index is 891. The van der Waals surface area contributed by atoms with Gasteiger partial charge in [-0.3, -0.25) is 9.59 Å². The Labute approximate surface area is 192 Å². The van der Waals surface area contributed by atoms with Crippen molar-refractivity contribution in [3.63, 3.8) is 0 Å². The number of hydrogen-bond donors (Lipinski definition) is 1. The summed E-state index contributed by atoms with van der Waals surface area (Å²) >= 11 is 18.8. The molecule has 0 saturated heterocycles. The number of carbonyl (C=O) groups excluding carboxylic acids is 2. The highest BCUT2D eigenvalue weighted by molar-refractivity contribution is 6.36. The first-order chi connectivity index (χ1) is 14.2. The van der Waals surface area contributed by atoms with Gasteiger partial charge in [-0.25, -0.2) is 0 Å². The zero-order valence-corrected chi connectivity index (χ0v) is 19.7. The second-order valence-corrected chi connectivity index (χ2v) is 8.11. The van der Waals surface area contributed by atoms with E-state index in [1.807, 2.05) is 20.8 Å². The summed E-state index contributed by atoms with van der Waals surface area (Å²) in [6.45, 7) is 5.42. The fourth-order valence-corrected chi connectivity index (χ4v) is 3.78. The lowest BCUT2D eigenvalue weighted by Gasteiger charge is -2.30. The highest BCUT2D eigenvalue weighted by Crippen LogP contribution is 2.28. The molecule has 0 aliphatic carbocycles. The van der Waals surface area contributed by atoms with Crippen LogP contribution in [0.2, 0.25) is 15.1 Å². The van der Waals surface area contributed by atoms with Crippen LogP contribution in [-0.4, -0.2) is 36.4 Å². The monoisotopic (exact) mass is 470 g/mol. The van der Waals surface area contributed by atoms with Crippen LogP contribution in [0.15, 0.2) is 30.3 Å². The lowest BCUT2D eigenvalue weighted by atomic mass is 10.1. The molecule has 162 valence electrons. The number of benzene rings is 2. The van der Waals surface area contributed by atoms with Gasteiger partial charge in [-0.2, -0.15) is 0 Å². The van der Waals surface area contributed by atoms with Gasteiger partial charge in [-0.15, -0.1) is 0 Å². The Hall–Kier alpha value is -1.95. The molecule has 0 bridgehead atoms. The van der Waals surface area contributed by atoms with Crippen molar-refractivity contribution in [3.8, 4) is 5.75 Å². The fourth-order valence-electron chi connectivity index (χ4n) is 3.16. The SMILES string of the molecule is CC[C@H](C(=O)NC)N(Cc1c(Cl)cccc1Cl)C(=O)COc1cc(C)c(Cl)c(C)c1. The molecule has 0 aromatic heterocycles. The fraction of sp³-hybridized carbons (Fsp3) is 0.364. The topological polar surface area (TPSA) is 58.6 Å². The molecule has 5 nitrogen and oxygen atoms in total. The number of nitrogens with one attached hydrogen (secondary N) is 1. The van der Waals surface area contributed by atoms with Gasteiger partial charge >= 0.3 is 0 Å². The van der Waals surface area contributed by atoms with Gasteiger partial charge < -0.3 is 15.0 Å². The lowest BCUT2D eigenvalue weighted by Crippen LogP contribution is -2.49. The zero-order chi connectivity index (χ0) is 22.4. The first-order valence-electron chi connectivity index (χ1n) is 9.53. The summed E-state index contributed by atoms with van der Waals surface area (Å²) in [7, 11) is 1.53. The number of halogens is 3. The Morgan fingerprint density at radius 1 is 1.10 bits per heavy atom. The minimum absolute atomic E-state index is 0.0886. The molecular weight excluding hydrogens is 447 g/mol. The van der Waals surface area contributed by atoms with Crippen molar-refractivity contribution in [2.75, 3.05) is 13.7 Å². The molecule has 1 atom stereocenters. The van der Waals surface area contributed by atoms with E-state index in [2.05, 4.69) is 5.32 Å². The number of likely N-dealkylation sites (N-methyl/N-ethyl adjacent to an activating group) is 1. The van der Waals surface area contributed by atoms with E-state index in [1.54, 1.807) is 30.3 Å². The van der Waals surface area contributed by atoms with Crippen LogP contribution in [0.3, 0.4) is 0 Å². The summed E-state index contributed by atoms with van der Waals surface area (Å²) in [6.07, 6.45) is 0.423. The molecule has 0 radical (unpaired) electrons. The van der Waals surface area contributed by atoms with Crippen molar-refractivity contribution in [2.24, 2.45) is 0 Å². The van der Waals surface area contributed by atoms with Gasteiger partial charge in [0.25, 0.3) is 5.91 Å². The number of carbonyl (C=O) groups is 2.